The fourth-order valence-electron chi connectivity index (χ4n) is 2.93. The molecule has 0 atom stereocenters. The van der Waals surface area contributed by atoms with Gasteiger partial charge in [-0.05, 0) is 30.2 Å². The smallest absolute Gasteiger partial charge is 0.495 e. The van der Waals surface area contributed by atoms with E-state index in [4.69, 9.17) is 18.4 Å². The third-order valence-electron chi connectivity index (χ3n) is 4.50. The summed E-state index contributed by atoms with van der Waals surface area (Å²) in [7, 11) is -8.07. The first-order valence-electron chi connectivity index (χ1n) is 10.1. The Morgan fingerprint density at radius 3 is 2.08 bits per heavy atom. The highest BCUT2D eigenvalue weighted by Crippen LogP contribution is 2.47. The van der Waals surface area contributed by atoms with Crippen molar-refractivity contribution in [1.29, 1.82) is 0 Å². The van der Waals surface area contributed by atoms with Crippen molar-refractivity contribution < 1.29 is 57.4 Å². The van der Waals surface area contributed by atoms with E-state index in [0.29, 0.717) is 6.42 Å². The number of rotatable bonds is 12. The van der Waals surface area contributed by atoms with Crippen LogP contribution in [0.3, 0.4) is 0 Å². The molecule has 36 heavy (non-hydrogen) atoms. The average molecular weight is 557 g/mol. The SMILES string of the molecule is CCCCOc1ccc(-c2cc(OC)c(OS(=O)(=O)C(F)(F)F)c(C=O)c2OC)cc1OS(C)(=O)=O. The number of carbonyl (C=O) groups is 1. The van der Waals surface area contributed by atoms with Crippen molar-refractivity contribution in [2.75, 3.05) is 27.1 Å². The Labute approximate surface area is 206 Å². The van der Waals surface area contributed by atoms with Crippen molar-refractivity contribution >= 4 is 26.5 Å². The highest BCUT2D eigenvalue weighted by Gasteiger charge is 2.49. The van der Waals surface area contributed by atoms with Crippen LogP contribution < -0.4 is 22.6 Å². The zero-order valence-corrected chi connectivity index (χ0v) is 21.2. The van der Waals surface area contributed by atoms with Gasteiger partial charge in [0.1, 0.15) is 11.3 Å². The summed E-state index contributed by atoms with van der Waals surface area (Å²) in [5.41, 5.74) is -6.30. The van der Waals surface area contributed by atoms with Crippen molar-refractivity contribution in [3.63, 3.8) is 0 Å². The summed E-state index contributed by atoms with van der Waals surface area (Å²) in [5.74, 6) is -2.08. The number of carbonyl (C=O) groups excluding carboxylic acids is 1. The molecular formula is C21H23F3O10S2. The van der Waals surface area contributed by atoms with Crippen LogP contribution >= 0.6 is 0 Å². The molecule has 0 amide bonds. The molecule has 0 bridgehead atoms. The third-order valence-corrected chi connectivity index (χ3v) is 5.94. The number of hydrogen-bond donors (Lipinski definition) is 0. The lowest BCUT2D eigenvalue weighted by atomic mass is 9.99. The predicted octanol–water partition coefficient (Wildman–Crippen LogP) is 3.93. The number of halogens is 3. The highest BCUT2D eigenvalue weighted by molar-refractivity contribution is 7.88. The number of methoxy groups -OCH3 is 2. The van der Waals surface area contributed by atoms with E-state index >= 15 is 0 Å². The Morgan fingerprint density at radius 2 is 1.58 bits per heavy atom. The van der Waals surface area contributed by atoms with Gasteiger partial charge >= 0.3 is 25.7 Å². The molecule has 0 radical (unpaired) electrons. The molecule has 0 heterocycles. The van der Waals surface area contributed by atoms with Gasteiger partial charge in [0.25, 0.3) is 0 Å². The van der Waals surface area contributed by atoms with Crippen molar-refractivity contribution in [3.8, 4) is 39.9 Å². The molecule has 0 N–H and O–H groups in total. The summed E-state index contributed by atoms with van der Waals surface area (Å²) in [6.07, 6.45) is 2.33. The minimum Gasteiger partial charge on any atom is -0.495 e. The molecule has 200 valence electrons. The van der Waals surface area contributed by atoms with Crippen molar-refractivity contribution in [1.82, 2.24) is 0 Å². The molecule has 2 rings (SSSR count). The third kappa shape index (κ3) is 6.72. The lowest BCUT2D eigenvalue weighted by molar-refractivity contribution is -0.0500. The topological polar surface area (TPSA) is 132 Å². The van der Waals surface area contributed by atoms with Gasteiger partial charge in [0, 0.05) is 5.56 Å². The largest absolute Gasteiger partial charge is 0.534 e. The Morgan fingerprint density at radius 1 is 0.917 bits per heavy atom. The molecule has 0 saturated carbocycles. The van der Waals surface area contributed by atoms with E-state index < -0.39 is 42.8 Å². The minimum absolute atomic E-state index is 0.0201. The molecule has 2 aromatic rings. The number of benzene rings is 2. The Hall–Kier alpha value is -3.20. The number of ether oxygens (including phenoxy) is 3. The van der Waals surface area contributed by atoms with Gasteiger partial charge in [-0.3, -0.25) is 4.79 Å². The van der Waals surface area contributed by atoms with E-state index in [9.17, 15) is 34.8 Å². The van der Waals surface area contributed by atoms with E-state index in [1.165, 1.54) is 18.2 Å². The molecule has 0 saturated heterocycles. The first kappa shape index (κ1) is 29.0. The fourth-order valence-corrected chi connectivity index (χ4v) is 3.87. The quantitative estimate of drug-likeness (QED) is 0.164. The van der Waals surface area contributed by atoms with E-state index in [1.807, 2.05) is 6.92 Å². The standard InChI is InChI=1S/C21H23F3O10S2/c1-5-6-9-32-16-8-7-13(10-17(16)33-35(4,26)27)14-11-18(30-2)20(15(12-25)19(14)31-3)34-36(28,29)21(22,23)24/h7-8,10-12H,5-6,9H2,1-4H3. The predicted molar refractivity (Wildman–Crippen MR) is 122 cm³/mol. The second-order valence-corrected chi connectivity index (χ2v) is 10.3. The van der Waals surface area contributed by atoms with Crippen LogP contribution in [0.4, 0.5) is 13.2 Å². The Bertz CT molecular complexity index is 1320. The zero-order valence-electron chi connectivity index (χ0n) is 19.5. The molecule has 15 heteroatoms. The zero-order chi connectivity index (χ0) is 27.3. The number of alkyl halides is 3. The Kier molecular flexibility index (Phi) is 9.07. The second-order valence-electron chi connectivity index (χ2n) is 7.15. The molecule has 0 aliphatic heterocycles. The van der Waals surface area contributed by atoms with Crippen LogP contribution in [0, 0.1) is 0 Å². The molecule has 0 fully saturated rings. The summed E-state index contributed by atoms with van der Waals surface area (Å²) in [4.78, 5) is 11.8. The van der Waals surface area contributed by atoms with Crippen LogP contribution in [-0.4, -0.2) is 55.7 Å². The molecular weight excluding hydrogens is 533 g/mol. The monoisotopic (exact) mass is 556 g/mol. The molecule has 10 nitrogen and oxygen atoms in total. The number of hydrogen-bond acceptors (Lipinski definition) is 10. The van der Waals surface area contributed by atoms with Crippen molar-refractivity contribution in [2.24, 2.45) is 0 Å². The van der Waals surface area contributed by atoms with Crippen LogP contribution in [-0.2, 0) is 20.2 Å². The molecule has 0 aromatic heterocycles. The molecule has 0 unspecified atom stereocenters. The maximum atomic E-state index is 12.9. The molecule has 0 aliphatic rings. The lowest BCUT2D eigenvalue weighted by Gasteiger charge is -2.19. The van der Waals surface area contributed by atoms with E-state index in [0.717, 1.165) is 33.0 Å². The van der Waals surface area contributed by atoms with E-state index in [-0.39, 0.29) is 41.3 Å². The number of unbranched alkanes of at least 4 members (excludes halogenated alkanes) is 1. The first-order valence-corrected chi connectivity index (χ1v) is 13.3. The summed E-state index contributed by atoms with van der Waals surface area (Å²) in [6.45, 7) is 2.19. The molecule has 0 aliphatic carbocycles. The summed E-state index contributed by atoms with van der Waals surface area (Å²) < 4.78 is 110. The van der Waals surface area contributed by atoms with Gasteiger partial charge in [0.05, 0.1) is 27.1 Å². The van der Waals surface area contributed by atoms with Gasteiger partial charge in [-0.1, -0.05) is 19.4 Å². The first-order chi connectivity index (χ1) is 16.7. The van der Waals surface area contributed by atoms with Crippen LogP contribution in [0.5, 0.6) is 28.7 Å². The van der Waals surface area contributed by atoms with Crippen LogP contribution in [0.2, 0.25) is 0 Å². The van der Waals surface area contributed by atoms with Gasteiger partial charge < -0.3 is 22.6 Å². The summed E-state index contributed by atoms with van der Waals surface area (Å²) in [5, 5.41) is 0. The van der Waals surface area contributed by atoms with Gasteiger partial charge in [0.15, 0.2) is 29.3 Å². The van der Waals surface area contributed by atoms with E-state index in [1.54, 1.807) is 0 Å². The highest BCUT2D eigenvalue weighted by atomic mass is 32.2. The Balaban J connectivity index is 2.76. The van der Waals surface area contributed by atoms with Gasteiger partial charge in [0.2, 0.25) is 0 Å². The van der Waals surface area contributed by atoms with Crippen molar-refractivity contribution in [2.45, 2.75) is 25.3 Å². The van der Waals surface area contributed by atoms with Gasteiger partial charge in [-0.15, -0.1) is 0 Å². The van der Waals surface area contributed by atoms with Gasteiger partial charge in [-0.2, -0.15) is 30.0 Å². The summed E-state index contributed by atoms with van der Waals surface area (Å²) in [6, 6.07) is 5.12. The van der Waals surface area contributed by atoms with E-state index in [2.05, 4.69) is 4.18 Å². The van der Waals surface area contributed by atoms with Crippen molar-refractivity contribution in [3.05, 3.63) is 29.8 Å². The normalized spacial score (nSPS) is 12.1. The molecule has 0 spiro atoms. The van der Waals surface area contributed by atoms with Crippen LogP contribution in [0.25, 0.3) is 11.1 Å². The van der Waals surface area contributed by atoms with Gasteiger partial charge in [-0.25, -0.2) is 0 Å². The van der Waals surface area contributed by atoms with Crippen LogP contribution in [0.1, 0.15) is 30.1 Å². The maximum Gasteiger partial charge on any atom is 0.534 e. The number of aldehydes is 1. The molecule has 2 aromatic carbocycles. The maximum absolute atomic E-state index is 12.9. The van der Waals surface area contributed by atoms with Crippen LogP contribution in [0.15, 0.2) is 24.3 Å². The lowest BCUT2D eigenvalue weighted by Crippen LogP contribution is -2.28. The minimum atomic E-state index is -6.16. The average Bonchev–Trinajstić information content (AvgIpc) is 2.77. The summed E-state index contributed by atoms with van der Waals surface area (Å²) >= 11 is 0. The fraction of sp³-hybridized carbons (Fsp3) is 0.381. The second kappa shape index (κ2) is 11.2.